The number of nitrogens with zero attached hydrogens (tertiary/aromatic N) is 2. The standard InChI is InChI=1S/C17H14N2S2/c1-21-11-19-15-9-5-3-7-13(15)17(21)16-12-6-2-4-8-14(12)18-10-20-16/h2-9H,1,10-11H2. The fourth-order valence-corrected chi connectivity index (χ4v) is 5.37. The maximum atomic E-state index is 4.66. The summed E-state index contributed by atoms with van der Waals surface area (Å²) in [6.45, 7) is 0. The minimum Gasteiger partial charge on any atom is -0.274 e. The molecule has 0 N–H and O–H groups in total. The van der Waals surface area contributed by atoms with Gasteiger partial charge in [0.05, 0.1) is 22.5 Å². The molecule has 0 aromatic heterocycles. The molecule has 0 fully saturated rings. The Morgan fingerprint density at radius 1 is 0.905 bits per heavy atom. The van der Waals surface area contributed by atoms with Crippen molar-refractivity contribution in [2.75, 3.05) is 11.8 Å². The molecule has 4 rings (SSSR count). The Bertz CT molecular complexity index is 990. The van der Waals surface area contributed by atoms with Crippen LogP contribution in [0.3, 0.4) is 0 Å². The van der Waals surface area contributed by atoms with Crippen molar-refractivity contribution in [3.63, 3.8) is 0 Å². The summed E-state index contributed by atoms with van der Waals surface area (Å²) < 4.78 is 0. The largest absolute Gasteiger partial charge is 0.274 e. The highest BCUT2D eigenvalue weighted by Gasteiger charge is 2.16. The zero-order valence-corrected chi connectivity index (χ0v) is 13.1. The predicted octanol–water partition coefficient (Wildman–Crippen LogP) is 1.22. The summed E-state index contributed by atoms with van der Waals surface area (Å²) in [5.41, 5.74) is 0. The molecule has 0 bridgehead atoms. The van der Waals surface area contributed by atoms with Gasteiger partial charge in [-0.2, -0.15) is 0 Å². The van der Waals surface area contributed by atoms with Gasteiger partial charge in [0, 0.05) is 20.2 Å². The van der Waals surface area contributed by atoms with Gasteiger partial charge in [-0.25, -0.2) is 0 Å². The lowest BCUT2D eigenvalue weighted by Gasteiger charge is -2.19. The molecule has 2 heterocycles. The second kappa shape index (κ2) is 5.28. The van der Waals surface area contributed by atoms with E-state index in [9.17, 15) is 0 Å². The molecular weight excluding hydrogens is 296 g/mol. The van der Waals surface area contributed by atoms with Gasteiger partial charge in [-0.1, -0.05) is 42.3 Å². The van der Waals surface area contributed by atoms with Crippen LogP contribution in [0.25, 0.3) is 9.81 Å². The zero-order chi connectivity index (χ0) is 14.2. The summed E-state index contributed by atoms with van der Waals surface area (Å²) in [4.78, 5) is 12.0. The molecule has 4 heteroatoms. The Morgan fingerprint density at radius 2 is 1.57 bits per heavy atom. The van der Waals surface area contributed by atoms with E-state index in [1.54, 1.807) is 0 Å². The molecule has 2 aliphatic heterocycles. The summed E-state index contributed by atoms with van der Waals surface area (Å²) >= 11 is 1.82. The predicted molar refractivity (Wildman–Crippen MR) is 93.3 cm³/mol. The van der Waals surface area contributed by atoms with Crippen LogP contribution in [0.1, 0.15) is 0 Å². The van der Waals surface area contributed by atoms with Gasteiger partial charge in [0.2, 0.25) is 0 Å². The third kappa shape index (κ3) is 2.19. The summed E-state index contributed by atoms with van der Waals surface area (Å²) in [5, 5.41) is 4.66. The molecule has 2 aromatic rings. The van der Waals surface area contributed by atoms with Crippen LogP contribution >= 0.6 is 22.2 Å². The molecule has 0 spiro atoms. The number of rotatable bonds is 1. The van der Waals surface area contributed by atoms with Crippen LogP contribution in [0, 0.1) is 0 Å². The fourth-order valence-electron chi connectivity index (χ4n) is 2.66. The maximum absolute atomic E-state index is 4.66. The second-order valence-electron chi connectivity index (χ2n) is 4.90. The van der Waals surface area contributed by atoms with Crippen molar-refractivity contribution in [2.24, 2.45) is 9.98 Å². The van der Waals surface area contributed by atoms with Gasteiger partial charge in [0.15, 0.2) is 0 Å². The van der Waals surface area contributed by atoms with Crippen LogP contribution in [-0.2, 0) is 0 Å². The first kappa shape index (κ1) is 13.0. The van der Waals surface area contributed by atoms with Gasteiger partial charge >= 0.3 is 0 Å². The second-order valence-corrected chi connectivity index (χ2v) is 7.51. The van der Waals surface area contributed by atoms with E-state index in [4.69, 9.17) is 0 Å². The van der Waals surface area contributed by atoms with Crippen molar-refractivity contribution in [2.45, 2.75) is 0 Å². The topological polar surface area (TPSA) is 24.7 Å². The molecule has 104 valence electrons. The molecule has 2 aromatic carbocycles. The van der Waals surface area contributed by atoms with E-state index in [1.807, 2.05) is 11.8 Å². The third-order valence-electron chi connectivity index (χ3n) is 3.63. The van der Waals surface area contributed by atoms with Gasteiger partial charge in [-0.3, -0.25) is 9.98 Å². The van der Waals surface area contributed by atoms with Crippen LogP contribution in [0.2, 0.25) is 0 Å². The molecule has 21 heavy (non-hydrogen) atoms. The average molecular weight is 310 g/mol. The number of para-hydroxylation sites is 2. The van der Waals surface area contributed by atoms with E-state index in [-0.39, 0.29) is 10.5 Å². The first-order valence-corrected chi connectivity index (χ1v) is 9.31. The lowest BCUT2D eigenvalue weighted by molar-refractivity contribution is 1.19. The Morgan fingerprint density at radius 3 is 2.38 bits per heavy atom. The Balaban J connectivity index is 2.19. The molecule has 0 radical (unpaired) electrons. The van der Waals surface area contributed by atoms with E-state index >= 15 is 0 Å². The summed E-state index contributed by atoms with van der Waals surface area (Å²) in [7, 11) is -0.0937. The quantitative estimate of drug-likeness (QED) is 0.727. The normalized spacial score (nSPS) is 20.1. The Labute approximate surface area is 129 Å². The Hall–Kier alpha value is -1.65. The molecule has 2 aliphatic rings. The van der Waals surface area contributed by atoms with Crippen molar-refractivity contribution in [3.8, 4) is 0 Å². The molecular formula is C17H14N2S2. The van der Waals surface area contributed by atoms with Crippen LogP contribution in [-0.4, -0.2) is 17.6 Å². The van der Waals surface area contributed by atoms with Gasteiger partial charge in [0.25, 0.3) is 0 Å². The van der Waals surface area contributed by atoms with E-state index in [0.29, 0.717) is 0 Å². The van der Waals surface area contributed by atoms with Gasteiger partial charge in [0.1, 0.15) is 0 Å². The SMILES string of the molecule is C=S1CN=c2ccccc2=C1C1=c2ccccc2=NCS1. The number of thioether (sulfide) groups is 1. The van der Waals surface area contributed by atoms with Crippen molar-refractivity contribution < 1.29 is 0 Å². The number of benzene rings is 2. The van der Waals surface area contributed by atoms with Gasteiger partial charge in [-0.15, -0.1) is 22.2 Å². The summed E-state index contributed by atoms with van der Waals surface area (Å²) in [6, 6.07) is 16.8. The molecule has 0 amide bonds. The highest BCUT2D eigenvalue weighted by atomic mass is 32.2. The molecule has 2 nitrogen and oxygen atoms in total. The molecule has 0 saturated heterocycles. The van der Waals surface area contributed by atoms with Gasteiger partial charge in [-0.05, 0) is 12.1 Å². The van der Waals surface area contributed by atoms with Crippen molar-refractivity contribution >= 4 is 37.9 Å². The maximum Gasteiger partial charge on any atom is 0.0898 e. The van der Waals surface area contributed by atoms with E-state index < -0.39 is 0 Å². The number of fused-ring (bicyclic) bond motifs is 2. The van der Waals surface area contributed by atoms with E-state index in [1.165, 1.54) is 20.2 Å². The van der Waals surface area contributed by atoms with Crippen LogP contribution in [0.15, 0.2) is 58.5 Å². The smallest absolute Gasteiger partial charge is 0.0898 e. The summed E-state index contributed by atoms with van der Waals surface area (Å²) in [5.74, 6) is 5.93. The van der Waals surface area contributed by atoms with Crippen LogP contribution in [0.5, 0.6) is 0 Å². The Kier molecular flexibility index (Phi) is 3.28. The highest BCUT2D eigenvalue weighted by molar-refractivity contribution is 8.25. The minimum absolute atomic E-state index is 0.0937. The van der Waals surface area contributed by atoms with Crippen LogP contribution < -0.4 is 21.2 Å². The monoisotopic (exact) mass is 310 g/mol. The lowest BCUT2D eigenvalue weighted by atomic mass is 10.2. The lowest BCUT2D eigenvalue weighted by Crippen LogP contribution is -2.34. The fraction of sp³-hybridized carbons (Fsp3) is 0.118. The average Bonchev–Trinajstić information content (AvgIpc) is 2.54. The molecule has 0 aliphatic carbocycles. The van der Waals surface area contributed by atoms with E-state index in [2.05, 4.69) is 64.4 Å². The number of hydrogen-bond acceptors (Lipinski definition) is 3. The van der Waals surface area contributed by atoms with Crippen LogP contribution in [0.4, 0.5) is 0 Å². The molecule has 1 unspecified atom stereocenters. The number of hydrogen-bond donors (Lipinski definition) is 0. The molecule has 0 saturated carbocycles. The molecule has 1 atom stereocenters. The first-order valence-electron chi connectivity index (χ1n) is 6.76. The highest BCUT2D eigenvalue weighted by Crippen LogP contribution is 2.38. The first-order chi connectivity index (χ1) is 10.3. The summed E-state index contributed by atoms with van der Waals surface area (Å²) in [6.07, 6.45) is 0. The zero-order valence-electron chi connectivity index (χ0n) is 11.5. The van der Waals surface area contributed by atoms with Crippen molar-refractivity contribution in [1.29, 1.82) is 0 Å². The minimum atomic E-state index is -0.0937. The van der Waals surface area contributed by atoms with E-state index in [0.717, 1.165) is 22.5 Å². The van der Waals surface area contributed by atoms with Gasteiger partial charge < -0.3 is 0 Å². The van der Waals surface area contributed by atoms with Crippen molar-refractivity contribution in [3.05, 3.63) is 69.7 Å². The third-order valence-corrected chi connectivity index (χ3v) is 6.17. The van der Waals surface area contributed by atoms with Crippen molar-refractivity contribution in [1.82, 2.24) is 0 Å².